The van der Waals surface area contributed by atoms with Crippen LogP contribution in [0.2, 0.25) is 0 Å². The van der Waals surface area contributed by atoms with Gasteiger partial charge < -0.3 is 9.47 Å². The van der Waals surface area contributed by atoms with Crippen LogP contribution >= 0.6 is 0 Å². The molecule has 2 aliphatic rings. The summed E-state index contributed by atoms with van der Waals surface area (Å²) in [6.07, 6.45) is 3.46. The highest BCUT2D eigenvalue weighted by atomic mass is 16.6. The summed E-state index contributed by atoms with van der Waals surface area (Å²) in [5.41, 5.74) is 0. The molecule has 66 valence electrons. The predicted molar refractivity (Wildman–Crippen MR) is 38.2 cm³/mol. The Morgan fingerprint density at radius 3 is 1.42 bits per heavy atom. The van der Waals surface area contributed by atoms with E-state index in [1.54, 1.807) is 0 Å². The van der Waals surface area contributed by atoms with E-state index in [4.69, 9.17) is 9.47 Å². The minimum Gasteiger partial charge on any atom is -0.454 e. The quantitative estimate of drug-likeness (QED) is 0.444. The lowest BCUT2D eigenvalue weighted by Gasteiger charge is -2.01. The smallest absolute Gasteiger partial charge is 0.417 e. The molecule has 12 heavy (non-hydrogen) atoms. The van der Waals surface area contributed by atoms with Crippen molar-refractivity contribution in [2.75, 3.05) is 0 Å². The standard InChI is InChI=1S/C8H10O4/c9-7(11-5-1-2-5)8(10)12-6-3-4-6/h5-6H,1-4H2. The van der Waals surface area contributed by atoms with Crippen molar-refractivity contribution in [1.82, 2.24) is 0 Å². The van der Waals surface area contributed by atoms with E-state index in [0.717, 1.165) is 25.7 Å². The fraction of sp³-hybridized carbons (Fsp3) is 0.750. The molecule has 0 aromatic heterocycles. The van der Waals surface area contributed by atoms with Crippen LogP contribution in [-0.2, 0) is 19.1 Å². The predicted octanol–water partition coefficient (Wildman–Crippen LogP) is 0.398. The van der Waals surface area contributed by atoms with Crippen molar-refractivity contribution in [3.8, 4) is 0 Å². The van der Waals surface area contributed by atoms with E-state index in [2.05, 4.69) is 0 Å². The van der Waals surface area contributed by atoms with Gasteiger partial charge in [0.25, 0.3) is 0 Å². The summed E-state index contributed by atoms with van der Waals surface area (Å²) in [4.78, 5) is 21.7. The Bertz CT molecular complexity index is 191. The maximum Gasteiger partial charge on any atom is 0.417 e. The Labute approximate surface area is 69.8 Å². The first-order valence-electron chi connectivity index (χ1n) is 4.17. The molecule has 2 rings (SSSR count). The third kappa shape index (κ3) is 1.96. The summed E-state index contributed by atoms with van der Waals surface area (Å²) in [6, 6.07) is 0. The zero-order chi connectivity index (χ0) is 8.55. The Morgan fingerprint density at radius 2 is 1.17 bits per heavy atom. The highest BCUT2D eigenvalue weighted by Crippen LogP contribution is 2.26. The van der Waals surface area contributed by atoms with Gasteiger partial charge in [0.2, 0.25) is 0 Å². The van der Waals surface area contributed by atoms with E-state index in [0.29, 0.717) is 0 Å². The zero-order valence-corrected chi connectivity index (χ0v) is 6.62. The third-order valence-corrected chi connectivity index (χ3v) is 1.76. The maximum absolute atomic E-state index is 10.9. The van der Waals surface area contributed by atoms with Gasteiger partial charge in [0.15, 0.2) is 0 Å². The van der Waals surface area contributed by atoms with Crippen LogP contribution in [0.3, 0.4) is 0 Å². The molecule has 4 heteroatoms. The van der Waals surface area contributed by atoms with Gasteiger partial charge in [0.1, 0.15) is 12.2 Å². The largest absolute Gasteiger partial charge is 0.454 e. The van der Waals surface area contributed by atoms with Crippen molar-refractivity contribution in [3.63, 3.8) is 0 Å². The van der Waals surface area contributed by atoms with E-state index in [9.17, 15) is 9.59 Å². The summed E-state index contributed by atoms with van der Waals surface area (Å²) in [5, 5.41) is 0. The average Bonchev–Trinajstić information content (AvgIpc) is 2.79. The molecule has 0 radical (unpaired) electrons. The first-order valence-corrected chi connectivity index (χ1v) is 4.17. The molecule has 4 nitrogen and oxygen atoms in total. The first-order chi connectivity index (χ1) is 5.75. The zero-order valence-electron chi connectivity index (χ0n) is 6.62. The van der Waals surface area contributed by atoms with Crippen molar-refractivity contribution in [2.24, 2.45) is 0 Å². The van der Waals surface area contributed by atoms with Gasteiger partial charge >= 0.3 is 11.9 Å². The van der Waals surface area contributed by atoms with Crippen LogP contribution in [-0.4, -0.2) is 24.1 Å². The summed E-state index contributed by atoms with van der Waals surface area (Å²) >= 11 is 0. The fourth-order valence-electron chi connectivity index (χ4n) is 0.771. The molecule has 0 saturated heterocycles. The topological polar surface area (TPSA) is 52.6 Å². The number of carbonyl (C=O) groups is 2. The molecule has 0 atom stereocenters. The molecule has 0 spiro atoms. The van der Waals surface area contributed by atoms with Crippen LogP contribution in [0.25, 0.3) is 0 Å². The van der Waals surface area contributed by atoms with Crippen molar-refractivity contribution in [2.45, 2.75) is 37.9 Å². The van der Waals surface area contributed by atoms with E-state index in [1.807, 2.05) is 0 Å². The Balaban J connectivity index is 1.72. The molecule has 2 saturated carbocycles. The van der Waals surface area contributed by atoms with Crippen LogP contribution in [0.4, 0.5) is 0 Å². The van der Waals surface area contributed by atoms with Crippen LogP contribution in [0.15, 0.2) is 0 Å². The number of carbonyl (C=O) groups excluding carboxylic acids is 2. The number of rotatable bonds is 2. The van der Waals surface area contributed by atoms with E-state index in [-0.39, 0.29) is 12.2 Å². The molecule has 0 bridgehead atoms. The highest BCUT2D eigenvalue weighted by molar-refractivity contribution is 6.29. The minimum absolute atomic E-state index is 0.0238. The van der Waals surface area contributed by atoms with Gasteiger partial charge in [-0.15, -0.1) is 0 Å². The molecule has 0 unspecified atom stereocenters. The number of ether oxygens (including phenoxy) is 2. The minimum atomic E-state index is -0.829. The van der Waals surface area contributed by atoms with Crippen LogP contribution in [0.1, 0.15) is 25.7 Å². The molecule has 0 aromatic carbocycles. The molecule has 0 aromatic rings. The molecule has 0 aliphatic heterocycles. The van der Waals surface area contributed by atoms with Crippen molar-refractivity contribution < 1.29 is 19.1 Å². The fourth-order valence-corrected chi connectivity index (χ4v) is 0.771. The summed E-state index contributed by atoms with van der Waals surface area (Å²) in [6.45, 7) is 0. The second-order valence-electron chi connectivity index (χ2n) is 3.21. The van der Waals surface area contributed by atoms with Crippen molar-refractivity contribution in [3.05, 3.63) is 0 Å². The molecular weight excluding hydrogens is 160 g/mol. The van der Waals surface area contributed by atoms with Gasteiger partial charge in [-0.1, -0.05) is 0 Å². The Hall–Kier alpha value is -1.06. The van der Waals surface area contributed by atoms with Crippen LogP contribution in [0, 0.1) is 0 Å². The van der Waals surface area contributed by atoms with Crippen molar-refractivity contribution >= 4 is 11.9 Å². The third-order valence-electron chi connectivity index (χ3n) is 1.76. The molecule has 2 fully saturated rings. The first kappa shape index (κ1) is 7.58. The monoisotopic (exact) mass is 170 g/mol. The van der Waals surface area contributed by atoms with Gasteiger partial charge in [0, 0.05) is 0 Å². The Morgan fingerprint density at radius 1 is 0.833 bits per heavy atom. The van der Waals surface area contributed by atoms with Gasteiger partial charge in [-0.25, -0.2) is 9.59 Å². The summed E-state index contributed by atoms with van der Waals surface area (Å²) < 4.78 is 9.48. The molecule has 2 aliphatic carbocycles. The normalized spacial score (nSPS) is 21.7. The van der Waals surface area contributed by atoms with E-state index in [1.165, 1.54) is 0 Å². The Kier molecular flexibility index (Phi) is 1.75. The number of esters is 2. The van der Waals surface area contributed by atoms with E-state index < -0.39 is 11.9 Å². The van der Waals surface area contributed by atoms with Crippen LogP contribution < -0.4 is 0 Å². The lowest BCUT2D eigenvalue weighted by molar-refractivity contribution is -0.169. The van der Waals surface area contributed by atoms with E-state index >= 15 is 0 Å². The lowest BCUT2D eigenvalue weighted by atomic mass is 10.6. The summed E-state index contributed by atoms with van der Waals surface area (Å²) in [7, 11) is 0. The second-order valence-corrected chi connectivity index (χ2v) is 3.21. The molecule has 0 N–H and O–H groups in total. The van der Waals surface area contributed by atoms with Gasteiger partial charge in [-0.3, -0.25) is 0 Å². The second kappa shape index (κ2) is 2.77. The van der Waals surface area contributed by atoms with Gasteiger partial charge in [-0.2, -0.15) is 0 Å². The van der Waals surface area contributed by atoms with Crippen LogP contribution in [0.5, 0.6) is 0 Å². The molecule has 0 amide bonds. The van der Waals surface area contributed by atoms with Gasteiger partial charge in [-0.05, 0) is 25.7 Å². The number of hydrogen-bond donors (Lipinski definition) is 0. The lowest BCUT2D eigenvalue weighted by Crippen LogP contribution is -2.21. The van der Waals surface area contributed by atoms with Gasteiger partial charge in [0.05, 0.1) is 0 Å². The maximum atomic E-state index is 10.9. The SMILES string of the molecule is O=C(OC1CC1)C(=O)OC1CC1. The highest BCUT2D eigenvalue weighted by Gasteiger charge is 2.33. The average molecular weight is 170 g/mol. The molecular formula is C8H10O4. The number of hydrogen-bond acceptors (Lipinski definition) is 4. The molecule has 0 heterocycles. The summed E-state index contributed by atoms with van der Waals surface area (Å²) in [5.74, 6) is -1.66. The van der Waals surface area contributed by atoms with Crippen molar-refractivity contribution in [1.29, 1.82) is 0 Å².